The Morgan fingerprint density at radius 3 is 3.06 bits per heavy atom. The van der Waals surface area contributed by atoms with Crippen LogP contribution in [-0.4, -0.2) is 32.0 Å². The standard InChI is InChI=1S/C12H12N6/c1-13-6-9-7-14-8-15-12(9)18-11-5-3-2-4-10(11)16-17-18/h2-5,7-8,13H,6H2,1H3. The van der Waals surface area contributed by atoms with E-state index in [1.54, 1.807) is 10.9 Å². The summed E-state index contributed by atoms with van der Waals surface area (Å²) in [5.41, 5.74) is 2.77. The molecule has 0 spiro atoms. The summed E-state index contributed by atoms with van der Waals surface area (Å²) in [7, 11) is 1.89. The van der Waals surface area contributed by atoms with Gasteiger partial charge in [-0.25, -0.2) is 9.97 Å². The van der Waals surface area contributed by atoms with Crippen molar-refractivity contribution in [2.75, 3.05) is 7.05 Å². The summed E-state index contributed by atoms with van der Waals surface area (Å²) in [6, 6.07) is 7.80. The lowest BCUT2D eigenvalue weighted by Gasteiger charge is -2.06. The quantitative estimate of drug-likeness (QED) is 0.737. The fraction of sp³-hybridized carbons (Fsp3) is 0.167. The minimum absolute atomic E-state index is 0.685. The lowest BCUT2D eigenvalue weighted by molar-refractivity contribution is 0.748. The van der Waals surface area contributed by atoms with Crippen LogP contribution in [0.5, 0.6) is 0 Å². The maximum absolute atomic E-state index is 4.30. The van der Waals surface area contributed by atoms with Crippen LogP contribution in [0.25, 0.3) is 16.9 Å². The van der Waals surface area contributed by atoms with Gasteiger partial charge in [0.25, 0.3) is 0 Å². The molecule has 0 aliphatic carbocycles. The zero-order chi connectivity index (χ0) is 12.4. The van der Waals surface area contributed by atoms with Gasteiger partial charge in [0.15, 0.2) is 5.82 Å². The van der Waals surface area contributed by atoms with E-state index in [1.165, 1.54) is 6.33 Å². The Balaban J connectivity index is 2.20. The van der Waals surface area contributed by atoms with E-state index in [9.17, 15) is 0 Å². The van der Waals surface area contributed by atoms with E-state index in [-0.39, 0.29) is 0 Å². The summed E-state index contributed by atoms with van der Waals surface area (Å²) >= 11 is 0. The Hall–Kier alpha value is -2.34. The lowest BCUT2D eigenvalue weighted by Crippen LogP contribution is -2.11. The molecule has 90 valence electrons. The molecule has 3 aromatic rings. The van der Waals surface area contributed by atoms with Crippen molar-refractivity contribution in [3.63, 3.8) is 0 Å². The number of hydrogen-bond donors (Lipinski definition) is 1. The molecule has 18 heavy (non-hydrogen) atoms. The van der Waals surface area contributed by atoms with Gasteiger partial charge in [0.05, 0.1) is 5.52 Å². The fourth-order valence-electron chi connectivity index (χ4n) is 1.88. The normalized spacial score (nSPS) is 10.9. The highest BCUT2D eigenvalue weighted by atomic mass is 15.4. The molecule has 0 saturated carbocycles. The summed E-state index contributed by atoms with van der Waals surface area (Å²) in [6.45, 7) is 0.685. The minimum atomic E-state index is 0.685. The van der Waals surface area contributed by atoms with Crippen LogP contribution in [0.4, 0.5) is 0 Å². The second-order valence-corrected chi connectivity index (χ2v) is 3.89. The summed E-state index contributed by atoms with van der Waals surface area (Å²) in [6.07, 6.45) is 3.31. The second kappa shape index (κ2) is 4.50. The summed E-state index contributed by atoms with van der Waals surface area (Å²) in [4.78, 5) is 8.34. The molecule has 0 bridgehead atoms. The van der Waals surface area contributed by atoms with E-state index >= 15 is 0 Å². The first-order valence-corrected chi connectivity index (χ1v) is 5.64. The maximum atomic E-state index is 4.30. The first-order chi connectivity index (χ1) is 8.90. The van der Waals surface area contributed by atoms with Gasteiger partial charge in [-0.1, -0.05) is 17.3 Å². The van der Waals surface area contributed by atoms with Gasteiger partial charge in [0.1, 0.15) is 11.8 Å². The van der Waals surface area contributed by atoms with Crippen LogP contribution in [0.1, 0.15) is 5.56 Å². The predicted octanol–water partition coefficient (Wildman–Crippen LogP) is 0.930. The van der Waals surface area contributed by atoms with E-state index in [0.717, 1.165) is 22.4 Å². The Morgan fingerprint density at radius 2 is 2.17 bits per heavy atom. The highest BCUT2D eigenvalue weighted by Gasteiger charge is 2.10. The number of para-hydroxylation sites is 1. The Labute approximate surface area is 104 Å². The molecule has 6 nitrogen and oxygen atoms in total. The van der Waals surface area contributed by atoms with Crippen molar-refractivity contribution in [3.05, 3.63) is 42.4 Å². The van der Waals surface area contributed by atoms with Crippen molar-refractivity contribution >= 4 is 11.0 Å². The van der Waals surface area contributed by atoms with E-state index in [0.29, 0.717) is 6.54 Å². The molecule has 0 aliphatic heterocycles. The second-order valence-electron chi connectivity index (χ2n) is 3.89. The average molecular weight is 240 g/mol. The van der Waals surface area contributed by atoms with E-state index in [4.69, 9.17) is 0 Å². The van der Waals surface area contributed by atoms with Crippen LogP contribution >= 0.6 is 0 Å². The van der Waals surface area contributed by atoms with Crippen LogP contribution in [0.2, 0.25) is 0 Å². The van der Waals surface area contributed by atoms with Gasteiger partial charge < -0.3 is 5.32 Å². The van der Waals surface area contributed by atoms with Gasteiger partial charge in [-0.05, 0) is 19.2 Å². The topological polar surface area (TPSA) is 68.5 Å². The van der Waals surface area contributed by atoms with Crippen LogP contribution in [0.15, 0.2) is 36.8 Å². The molecule has 1 N–H and O–H groups in total. The van der Waals surface area contributed by atoms with Gasteiger partial charge in [0.2, 0.25) is 0 Å². The molecule has 0 fully saturated rings. The van der Waals surface area contributed by atoms with Gasteiger partial charge in [-0.2, -0.15) is 4.68 Å². The number of rotatable bonds is 3. The molecule has 2 heterocycles. The maximum Gasteiger partial charge on any atom is 0.163 e. The molecule has 0 radical (unpaired) electrons. The zero-order valence-corrected chi connectivity index (χ0v) is 9.91. The number of nitrogens with zero attached hydrogens (tertiary/aromatic N) is 5. The molecule has 6 heteroatoms. The molecule has 3 rings (SSSR count). The minimum Gasteiger partial charge on any atom is -0.315 e. The number of fused-ring (bicyclic) bond motifs is 1. The summed E-state index contributed by atoms with van der Waals surface area (Å²) in [5.74, 6) is 0.757. The Bertz CT molecular complexity index is 675. The molecule has 0 aliphatic rings. The van der Waals surface area contributed by atoms with Gasteiger partial charge >= 0.3 is 0 Å². The van der Waals surface area contributed by atoms with E-state index in [1.807, 2.05) is 31.3 Å². The summed E-state index contributed by atoms with van der Waals surface area (Å²) in [5, 5.41) is 11.4. The van der Waals surface area contributed by atoms with Crippen molar-refractivity contribution in [1.29, 1.82) is 0 Å². The smallest absolute Gasteiger partial charge is 0.163 e. The van der Waals surface area contributed by atoms with Crippen molar-refractivity contribution < 1.29 is 0 Å². The first-order valence-electron chi connectivity index (χ1n) is 5.64. The van der Waals surface area contributed by atoms with Crippen molar-refractivity contribution in [2.45, 2.75) is 6.54 Å². The monoisotopic (exact) mass is 240 g/mol. The number of nitrogens with one attached hydrogen (secondary N) is 1. The van der Waals surface area contributed by atoms with Gasteiger partial charge in [-0.15, -0.1) is 5.10 Å². The van der Waals surface area contributed by atoms with Crippen LogP contribution in [-0.2, 0) is 6.54 Å². The molecule has 0 saturated heterocycles. The molecule has 1 aromatic carbocycles. The van der Waals surface area contributed by atoms with E-state index in [2.05, 4.69) is 25.6 Å². The number of hydrogen-bond acceptors (Lipinski definition) is 5. The Morgan fingerprint density at radius 1 is 1.28 bits per heavy atom. The van der Waals surface area contributed by atoms with Crippen molar-refractivity contribution in [1.82, 2.24) is 30.3 Å². The van der Waals surface area contributed by atoms with Crippen LogP contribution in [0, 0.1) is 0 Å². The molecule has 2 aromatic heterocycles. The fourth-order valence-corrected chi connectivity index (χ4v) is 1.88. The van der Waals surface area contributed by atoms with Crippen molar-refractivity contribution in [3.8, 4) is 5.82 Å². The molecule has 0 amide bonds. The van der Waals surface area contributed by atoms with Crippen molar-refractivity contribution in [2.24, 2.45) is 0 Å². The third-order valence-corrected chi connectivity index (χ3v) is 2.68. The van der Waals surface area contributed by atoms with E-state index < -0.39 is 0 Å². The third kappa shape index (κ3) is 1.72. The highest BCUT2D eigenvalue weighted by Crippen LogP contribution is 2.16. The predicted molar refractivity (Wildman–Crippen MR) is 67.2 cm³/mol. The summed E-state index contributed by atoms with van der Waals surface area (Å²) < 4.78 is 1.74. The van der Waals surface area contributed by atoms with Crippen LogP contribution in [0.3, 0.4) is 0 Å². The molecular formula is C12H12N6. The zero-order valence-electron chi connectivity index (χ0n) is 9.91. The first kappa shape index (κ1) is 10.8. The SMILES string of the molecule is CNCc1cncnc1-n1nnc2ccccc21. The molecule has 0 atom stereocenters. The van der Waals surface area contributed by atoms with Gasteiger partial charge in [0, 0.05) is 18.3 Å². The number of benzene rings is 1. The van der Waals surface area contributed by atoms with Crippen LogP contribution < -0.4 is 5.32 Å². The van der Waals surface area contributed by atoms with Gasteiger partial charge in [-0.3, -0.25) is 0 Å². The largest absolute Gasteiger partial charge is 0.315 e. The lowest BCUT2D eigenvalue weighted by atomic mass is 10.3. The number of aromatic nitrogens is 5. The Kier molecular flexibility index (Phi) is 2.70. The highest BCUT2D eigenvalue weighted by molar-refractivity contribution is 5.75. The average Bonchev–Trinajstić information content (AvgIpc) is 2.84. The molecule has 0 unspecified atom stereocenters. The molecular weight excluding hydrogens is 228 g/mol. The third-order valence-electron chi connectivity index (χ3n) is 2.68.